The van der Waals surface area contributed by atoms with Crippen molar-refractivity contribution in [1.82, 2.24) is 0 Å². The van der Waals surface area contributed by atoms with Gasteiger partial charge in [-0.3, -0.25) is 0 Å². The van der Waals surface area contributed by atoms with Crippen molar-refractivity contribution in [3.63, 3.8) is 0 Å². The first-order valence-electron chi connectivity index (χ1n) is 6.33. The molecule has 2 nitrogen and oxygen atoms in total. The van der Waals surface area contributed by atoms with Gasteiger partial charge in [0.2, 0.25) is 0 Å². The van der Waals surface area contributed by atoms with Crippen molar-refractivity contribution in [3.05, 3.63) is 66.7 Å². The van der Waals surface area contributed by atoms with E-state index in [0.29, 0.717) is 0 Å². The molecule has 0 bridgehead atoms. The Labute approximate surface area is 113 Å². The van der Waals surface area contributed by atoms with Crippen LogP contribution >= 0.6 is 0 Å². The summed E-state index contributed by atoms with van der Waals surface area (Å²) in [5.74, 6) is 0. The normalized spacial score (nSPS) is 10.6. The fourth-order valence-electron chi connectivity index (χ4n) is 2.34. The number of hydrogen-bond donors (Lipinski definition) is 1. The van der Waals surface area contributed by atoms with Crippen LogP contribution in [0.15, 0.2) is 66.7 Å². The van der Waals surface area contributed by atoms with Crippen LogP contribution in [0, 0.1) is 0 Å². The fraction of sp³-hybridized carbons (Fsp3) is 0.0588. The Morgan fingerprint density at radius 3 is 2.26 bits per heavy atom. The zero-order chi connectivity index (χ0) is 13.2. The van der Waals surface area contributed by atoms with Crippen LogP contribution in [0.5, 0.6) is 0 Å². The molecule has 0 spiro atoms. The maximum absolute atomic E-state index is 5.74. The maximum Gasteiger partial charge on any atom is 0.0487 e. The Bertz CT molecular complexity index is 697. The molecule has 0 amide bonds. The lowest BCUT2D eigenvalue weighted by Crippen LogP contribution is -2.09. The van der Waals surface area contributed by atoms with E-state index in [0.717, 1.165) is 11.4 Å². The van der Waals surface area contributed by atoms with Crippen LogP contribution in [0.4, 0.5) is 17.1 Å². The smallest absolute Gasteiger partial charge is 0.0487 e. The van der Waals surface area contributed by atoms with Gasteiger partial charge in [0, 0.05) is 29.5 Å². The second-order valence-electron chi connectivity index (χ2n) is 4.65. The predicted octanol–water partition coefficient (Wildman–Crippen LogP) is 4.19. The average Bonchev–Trinajstić information content (AvgIpc) is 2.47. The third-order valence-electron chi connectivity index (χ3n) is 3.41. The zero-order valence-corrected chi connectivity index (χ0v) is 10.9. The third-order valence-corrected chi connectivity index (χ3v) is 3.41. The molecule has 3 rings (SSSR count). The lowest BCUT2D eigenvalue weighted by atomic mass is 10.1. The average molecular weight is 248 g/mol. The monoisotopic (exact) mass is 248 g/mol. The van der Waals surface area contributed by atoms with Gasteiger partial charge in [0.1, 0.15) is 0 Å². The molecule has 0 aliphatic heterocycles. The number of nitrogens with zero attached hydrogens (tertiary/aromatic N) is 1. The van der Waals surface area contributed by atoms with E-state index >= 15 is 0 Å². The quantitative estimate of drug-likeness (QED) is 0.689. The maximum atomic E-state index is 5.74. The molecular formula is C17H16N2. The first-order chi connectivity index (χ1) is 9.25. The minimum absolute atomic E-state index is 0.787. The van der Waals surface area contributed by atoms with E-state index in [1.807, 2.05) is 24.3 Å². The number of anilines is 3. The van der Waals surface area contributed by atoms with Crippen LogP contribution in [0.3, 0.4) is 0 Å². The molecule has 0 aliphatic rings. The van der Waals surface area contributed by atoms with Crippen molar-refractivity contribution in [3.8, 4) is 0 Å². The first kappa shape index (κ1) is 11.6. The summed E-state index contributed by atoms with van der Waals surface area (Å²) >= 11 is 0. The molecule has 0 aromatic heterocycles. The highest BCUT2D eigenvalue weighted by Gasteiger charge is 2.07. The second-order valence-corrected chi connectivity index (χ2v) is 4.65. The Kier molecular flexibility index (Phi) is 2.84. The van der Waals surface area contributed by atoms with Crippen molar-refractivity contribution >= 4 is 27.8 Å². The van der Waals surface area contributed by atoms with Gasteiger partial charge in [-0.2, -0.15) is 0 Å². The van der Waals surface area contributed by atoms with E-state index < -0.39 is 0 Å². The first-order valence-corrected chi connectivity index (χ1v) is 6.33. The van der Waals surface area contributed by atoms with Crippen LogP contribution in [-0.2, 0) is 0 Å². The SMILES string of the molecule is CN(c1ccc(N)cc1)c1cccc2ccccc12. The van der Waals surface area contributed by atoms with E-state index in [1.165, 1.54) is 16.5 Å². The third kappa shape index (κ3) is 2.13. The molecule has 0 heterocycles. The van der Waals surface area contributed by atoms with Crippen molar-refractivity contribution in [2.75, 3.05) is 17.7 Å². The van der Waals surface area contributed by atoms with Crippen LogP contribution < -0.4 is 10.6 Å². The second kappa shape index (κ2) is 4.65. The predicted molar refractivity (Wildman–Crippen MR) is 82.9 cm³/mol. The van der Waals surface area contributed by atoms with Gasteiger partial charge in [-0.25, -0.2) is 0 Å². The molecule has 3 aromatic carbocycles. The number of fused-ring (bicyclic) bond motifs is 1. The molecular weight excluding hydrogens is 232 g/mol. The summed E-state index contributed by atoms with van der Waals surface area (Å²) in [6.45, 7) is 0. The van der Waals surface area contributed by atoms with Gasteiger partial charge in [0.25, 0.3) is 0 Å². The van der Waals surface area contributed by atoms with Crippen molar-refractivity contribution in [2.45, 2.75) is 0 Å². The van der Waals surface area contributed by atoms with Gasteiger partial charge >= 0.3 is 0 Å². The van der Waals surface area contributed by atoms with E-state index in [4.69, 9.17) is 5.73 Å². The lowest BCUT2D eigenvalue weighted by Gasteiger charge is -2.21. The highest BCUT2D eigenvalue weighted by molar-refractivity contribution is 5.95. The summed E-state index contributed by atoms with van der Waals surface area (Å²) in [6.07, 6.45) is 0. The van der Waals surface area contributed by atoms with Gasteiger partial charge < -0.3 is 10.6 Å². The van der Waals surface area contributed by atoms with Gasteiger partial charge in [0.05, 0.1) is 0 Å². The van der Waals surface area contributed by atoms with Crippen molar-refractivity contribution in [2.24, 2.45) is 0 Å². The number of benzene rings is 3. The van der Waals surface area contributed by atoms with E-state index in [2.05, 4.69) is 54.4 Å². The van der Waals surface area contributed by atoms with Crippen LogP contribution in [0.1, 0.15) is 0 Å². The molecule has 0 atom stereocenters. The summed E-state index contributed by atoms with van der Waals surface area (Å²) in [6, 6.07) is 22.7. The van der Waals surface area contributed by atoms with E-state index in [1.54, 1.807) is 0 Å². The fourth-order valence-corrected chi connectivity index (χ4v) is 2.34. The summed E-state index contributed by atoms with van der Waals surface area (Å²) in [5, 5.41) is 2.51. The standard InChI is InChI=1S/C17H16N2/c1-19(15-11-9-14(18)10-12-15)17-8-4-6-13-5-2-3-7-16(13)17/h2-12H,18H2,1H3. The van der Waals surface area contributed by atoms with Crippen LogP contribution in [0.2, 0.25) is 0 Å². The minimum atomic E-state index is 0.787. The Morgan fingerprint density at radius 1 is 0.789 bits per heavy atom. The van der Waals surface area contributed by atoms with Crippen LogP contribution in [0.25, 0.3) is 10.8 Å². The van der Waals surface area contributed by atoms with Crippen LogP contribution in [-0.4, -0.2) is 7.05 Å². The number of nitrogen functional groups attached to an aromatic ring is 1. The minimum Gasteiger partial charge on any atom is -0.399 e. The molecule has 94 valence electrons. The zero-order valence-electron chi connectivity index (χ0n) is 10.9. The Morgan fingerprint density at radius 2 is 1.47 bits per heavy atom. The Hall–Kier alpha value is -2.48. The summed E-state index contributed by atoms with van der Waals surface area (Å²) in [4.78, 5) is 2.18. The number of nitrogens with two attached hydrogens (primary N) is 1. The van der Waals surface area contributed by atoms with Gasteiger partial charge in [-0.05, 0) is 35.7 Å². The molecule has 0 saturated carbocycles. The highest BCUT2D eigenvalue weighted by atomic mass is 15.1. The molecule has 2 N–H and O–H groups in total. The molecule has 2 heteroatoms. The lowest BCUT2D eigenvalue weighted by molar-refractivity contribution is 1.22. The molecule has 19 heavy (non-hydrogen) atoms. The largest absolute Gasteiger partial charge is 0.399 e. The van der Waals surface area contributed by atoms with Gasteiger partial charge in [-0.15, -0.1) is 0 Å². The number of rotatable bonds is 2. The number of hydrogen-bond acceptors (Lipinski definition) is 2. The molecule has 0 radical (unpaired) electrons. The van der Waals surface area contributed by atoms with Gasteiger partial charge in [-0.1, -0.05) is 36.4 Å². The van der Waals surface area contributed by atoms with Crippen molar-refractivity contribution < 1.29 is 0 Å². The molecule has 0 aliphatic carbocycles. The van der Waals surface area contributed by atoms with Gasteiger partial charge in [0.15, 0.2) is 0 Å². The molecule has 0 fully saturated rings. The molecule has 0 saturated heterocycles. The summed E-state index contributed by atoms with van der Waals surface area (Å²) in [5.41, 5.74) is 8.85. The van der Waals surface area contributed by atoms with E-state index in [-0.39, 0.29) is 0 Å². The summed E-state index contributed by atoms with van der Waals surface area (Å²) in [7, 11) is 2.08. The Balaban J connectivity index is 2.11. The van der Waals surface area contributed by atoms with E-state index in [9.17, 15) is 0 Å². The topological polar surface area (TPSA) is 29.3 Å². The highest BCUT2D eigenvalue weighted by Crippen LogP contribution is 2.31. The summed E-state index contributed by atoms with van der Waals surface area (Å²) < 4.78 is 0. The van der Waals surface area contributed by atoms with Crippen molar-refractivity contribution in [1.29, 1.82) is 0 Å². The molecule has 0 unspecified atom stereocenters. The molecule has 3 aromatic rings.